The first-order valence-electron chi connectivity index (χ1n) is 6.43. The van der Waals surface area contributed by atoms with Gasteiger partial charge in [0.15, 0.2) is 5.69 Å². The Morgan fingerprint density at radius 2 is 2.30 bits per heavy atom. The predicted octanol–water partition coefficient (Wildman–Crippen LogP) is 1.47. The molecule has 0 bridgehead atoms. The maximum atomic E-state index is 11.9. The van der Waals surface area contributed by atoms with Crippen LogP contribution in [-0.4, -0.2) is 40.8 Å². The number of carbonyl (C=O) groups excluding carboxylic acids is 1. The van der Waals surface area contributed by atoms with Gasteiger partial charge in [0.25, 0.3) is 0 Å². The Balaban J connectivity index is 1.96. The second-order valence-corrected chi connectivity index (χ2v) is 4.71. The van der Waals surface area contributed by atoms with Crippen LogP contribution in [-0.2, 0) is 4.74 Å². The molecule has 0 aromatic carbocycles. The summed E-state index contributed by atoms with van der Waals surface area (Å²) in [5, 5.41) is 14.3. The molecule has 1 aromatic rings. The summed E-state index contributed by atoms with van der Waals surface area (Å²) in [6.07, 6.45) is 2.97. The van der Waals surface area contributed by atoms with Gasteiger partial charge in [0.1, 0.15) is 0 Å². The summed E-state index contributed by atoms with van der Waals surface area (Å²) in [6, 6.07) is 2.67. The molecule has 1 aromatic heterocycles. The maximum Gasteiger partial charge on any atom is 0.356 e. The molecule has 108 valence electrons. The van der Waals surface area contributed by atoms with E-state index in [2.05, 4.69) is 15.6 Å². The molecule has 0 saturated carbocycles. The number of urea groups is 1. The molecule has 2 unspecified atom stereocenters. The van der Waals surface area contributed by atoms with E-state index in [-0.39, 0.29) is 23.5 Å². The van der Waals surface area contributed by atoms with Crippen molar-refractivity contribution in [3.63, 3.8) is 0 Å². The van der Waals surface area contributed by atoms with Gasteiger partial charge >= 0.3 is 12.0 Å². The summed E-state index contributed by atoms with van der Waals surface area (Å²) in [6.45, 7) is 2.56. The molecule has 1 saturated heterocycles. The fourth-order valence-electron chi connectivity index (χ4n) is 2.15. The molecule has 0 radical (unpaired) electrons. The Bertz CT molecular complexity index is 506. The van der Waals surface area contributed by atoms with E-state index in [4.69, 9.17) is 9.84 Å². The zero-order chi connectivity index (χ0) is 14.5. The Morgan fingerprint density at radius 1 is 1.50 bits per heavy atom. The number of carboxylic acid groups (broad SMARTS) is 1. The number of carboxylic acids is 1. The molecule has 0 aliphatic carbocycles. The van der Waals surface area contributed by atoms with Crippen LogP contribution >= 0.6 is 0 Å². The summed E-state index contributed by atoms with van der Waals surface area (Å²) >= 11 is 0. The first-order chi connectivity index (χ1) is 9.56. The highest BCUT2D eigenvalue weighted by Gasteiger charge is 2.21. The zero-order valence-corrected chi connectivity index (χ0v) is 11.1. The molecular formula is C13H17N3O4. The fraction of sp³-hybridized carbons (Fsp3) is 0.462. The lowest BCUT2D eigenvalue weighted by molar-refractivity contribution is 0.0157. The average Bonchev–Trinajstić information content (AvgIpc) is 2.38. The van der Waals surface area contributed by atoms with E-state index in [9.17, 15) is 9.59 Å². The normalized spacial score (nSPS) is 22.1. The van der Waals surface area contributed by atoms with Crippen molar-refractivity contribution < 1.29 is 19.4 Å². The average molecular weight is 279 g/mol. The minimum absolute atomic E-state index is 0.0312. The zero-order valence-electron chi connectivity index (χ0n) is 11.1. The molecule has 1 aliphatic heterocycles. The summed E-state index contributed by atoms with van der Waals surface area (Å²) in [5.41, 5.74) is 0.000559. The largest absolute Gasteiger partial charge is 0.476 e. The number of aromatic nitrogens is 1. The number of hydrogen-bond donors (Lipinski definition) is 3. The van der Waals surface area contributed by atoms with Gasteiger partial charge in [-0.2, -0.15) is 0 Å². The van der Waals surface area contributed by atoms with Crippen molar-refractivity contribution in [3.05, 3.63) is 24.0 Å². The van der Waals surface area contributed by atoms with E-state index < -0.39 is 12.0 Å². The van der Waals surface area contributed by atoms with Gasteiger partial charge in [-0.05, 0) is 31.9 Å². The summed E-state index contributed by atoms with van der Waals surface area (Å²) < 4.78 is 5.40. The monoisotopic (exact) mass is 279 g/mol. The molecule has 1 aliphatic rings. The fourth-order valence-corrected chi connectivity index (χ4v) is 2.15. The van der Waals surface area contributed by atoms with Crippen LogP contribution in [0.25, 0.3) is 0 Å². The third-order valence-corrected chi connectivity index (χ3v) is 3.08. The minimum atomic E-state index is -1.18. The van der Waals surface area contributed by atoms with E-state index in [0.29, 0.717) is 6.61 Å². The number of rotatable bonds is 3. The van der Waals surface area contributed by atoms with E-state index in [1.807, 2.05) is 6.92 Å². The number of nitrogens with zero attached hydrogens (tertiary/aromatic N) is 1. The number of anilines is 1. The van der Waals surface area contributed by atoms with Crippen LogP contribution in [0.4, 0.5) is 10.5 Å². The van der Waals surface area contributed by atoms with Crippen molar-refractivity contribution in [2.24, 2.45) is 0 Å². The first kappa shape index (κ1) is 14.3. The van der Waals surface area contributed by atoms with Gasteiger partial charge in [0.05, 0.1) is 11.8 Å². The molecule has 2 rings (SSSR count). The topological polar surface area (TPSA) is 101 Å². The van der Waals surface area contributed by atoms with Crippen LogP contribution in [0.2, 0.25) is 0 Å². The third-order valence-electron chi connectivity index (χ3n) is 3.08. The van der Waals surface area contributed by atoms with Gasteiger partial charge < -0.3 is 20.5 Å². The van der Waals surface area contributed by atoms with Crippen LogP contribution in [0.5, 0.6) is 0 Å². The molecule has 1 fully saturated rings. The molecule has 7 nitrogen and oxygen atoms in total. The highest BCUT2D eigenvalue weighted by Crippen LogP contribution is 2.15. The standard InChI is InChI=1S/C13H17N3O4/c1-8-7-9(4-6-20-8)15-13(19)16-10-3-2-5-14-11(10)12(17)18/h2-3,5,8-9H,4,6-7H2,1H3,(H,17,18)(H2,15,16,19). The van der Waals surface area contributed by atoms with Crippen molar-refractivity contribution in [3.8, 4) is 0 Å². The highest BCUT2D eigenvalue weighted by atomic mass is 16.5. The number of ether oxygens (including phenoxy) is 1. The van der Waals surface area contributed by atoms with E-state index in [1.165, 1.54) is 12.3 Å². The number of pyridine rings is 1. The number of hydrogen-bond acceptors (Lipinski definition) is 4. The smallest absolute Gasteiger partial charge is 0.356 e. The second-order valence-electron chi connectivity index (χ2n) is 4.71. The van der Waals surface area contributed by atoms with Crippen LogP contribution in [0.3, 0.4) is 0 Å². The lowest BCUT2D eigenvalue weighted by atomic mass is 10.0. The van der Waals surface area contributed by atoms with Crippen molar-refractivity contribution in [2.75, 3.05) is 11.9 Å². The van der Waals surface area contributed by atoms with E-state index in [0.717, 1.165) is 12.8 Å². The summed E-state index contributed by atoms with van der Waals surface area (Å²) in [5.74, 6) is -1.18. The molecule has 3 N–H and O–H groups in total. The SMILES string of the molecule is CC1CC(NC(=O)Nc2cccnc2C(=O)O)CCO1. The Labute approximate surface area is 116 Å². The molecule has 2 amide bonds. The van der Waals surface area contributed by atoms with E-state index >= 15 is 0 Å². The van der Waals surface area contributed by atoms with Gasteiger partial charge in [-0.15, -0.1) is 0 Å². The molecule has 2 atom stereocenters. The predicted molar refractivity (Wildman–Crippen MR) is 71.8 cm³/mol. The van der Waals surface area contributed by atoms with Gasteiger partial charge in [0.2, 0.25) is 0 Å². The van der Waals surface area contributed by atoms with Crippen LogP contribution < -0.4 is 10.6 Å². The Morgan fingerprint density at radius 3 is 3.00 bits per heavy atom. The van der Waals surface area contributed by atoms with Gasteiger partial charge in [-0.25, -0.2) is 14.6 Å². The Hall–Kier alpha value is -2.15. The minimum Gasteiger partial charge on any atom is -0.476 e. The molecule has 7 heteroatoms. The Kier molecular flexibility index (Phi) is 4.52. The molecule has 0 spiro atoms. The molecular weight excluding hydrogens is 262 g/mol. The maximum absolute atomic E-state index is 11.9. The quantitative estimate of drug-likeness (QED) is 0.777. The van der Waals surface area contributed by atoms with E-state index in [1.54, 1.807) is 6.07 Å². The summed E-state index contributed by atoms with van der Waals surface area (Å²) in [4.78, 5) is 26.6. The van der Waals surface area contributed by atoms with Gasteiger partial charge in [-0.1, -0.05) is 0 Å². The van der Waals surface area contributed by atoms with Crippen LogP contribution in [0.15, 0.2) is 18.3 Å². The first-order valence-corrected chi connectivity index (χ1v) is 6.43. The summed E-state index contributed by atoms with van der Waals surface area (Å²) in [7, 11) is 0. The van der Waals surface area contributed by atoms with Crippen molar-refractivity contribution in [1.29, 1.82) is 0 Å². The number of nitrogens with one attached hydrogen (secondary N) is 2. The van der Waals surface area contributed by atoms with Crippen molar-refractivity contribution in [1.82, 2.24) is 10.3 Å². The van der Waals surface area contributed by atoms with Crippen LogP contribution in [0.1, 0.15) is 30.3 Å². The number of carbonyl (C=O) groups is 2. The van der Waals surface area contributed by atoms with Crippen LogP contribution in [0, 0.1) is 0 Å². The van der Waals surface area contributed by atoms with Gasteiger partial charge in [-0.3, -0.25) is 0 Å². The van der Waals surface area contributed by atoms with Crippen molar-refractivity contribution in [2.45, 2.75) is 31.9 Å². The third kappa shape index (κ3) is 3.67. The van der Waals surface area contributed by atoms with Crippen molar-refractivity contribution >= 4 is 17.7 Å². The highest BCUT2D eigenvalue weighted by molar-refractivity contribution is 5.98. The number of amides is 2. The number of aromatic carboxylic acids is 1. The molecule has 2 heterocycles. The lowest BCUT2D eigenvalue weighted by Gasteiger charge is -2.27. The second kappa shape index (κ2) is 6.33. The molecule has 20 heavy (non-hydrogen) atoms. The van der Waals surface area contributed by atoms with Gasteiger partial charge in [0, 0.05) is 18.8 Å². The lowest BCUT2D eigenvalue weighted by Crippen LogP contribution is -2.43.